The first kappa shape index (κ1) is 33.4. The molecule has 2 N–H and O–H groups in total. The third-order valence-electron chi connectivity index (χ3n) is 8.47. The monoisotopic (exact) mass is 675 g/mol. The molecule has 250 valence electrons. The topological polar surface area (TPSA) is 108 Å². The Hall–Kier alpha value is -5.48. The standard InChI is InChI=1S/C39H37N3O6S/c1-46-34-23-36(48-3)35(47-2)22-26(34)21-31(41-38(44)25-11-5-4-6-12-25)39(45)40-27-17-19-28(20-18-27)49-24-37(43)42-32-15-9-7-13-29(32)30-14-8-10-16-33(30)42/h4-7,9,11-13,15,17-23H,8,10,14,16,24H2,1-3H3,(H,40,45)(H,41,44)/b31-21-. The number of anilines is 1. The fourth-order valence-electron chi connectivity index (χ4n) is 6.09. The number of carbonyl (C=O) groups is 3. The molecule has 5 aromatic rings. The van der Waals surface area contributed by atoms with Crippen LogP contribution in [0.1, 0.15) is 44.8 Å². The van der Waals surface area contributed by atoms with E-state index in [1.165, 1.54) is 50.1 Å². The van der Waals surface area contributed by atoms with Gasteiger partial charge in [-0.15, -0.1) is 11.8 Å². The molecule has 6 rings (SSSR count). The van der Waals surface area contributed by atoms with Crippen molar-refractivity contribution in [2.45, 2.75) is 30.6 Å². The van der Waals surface area contributed by atoms with Crippen molar-refractivity contribution in [1.82, 2.24) is 9.88 Å². The van der Waals surface area contributed by atoms with Gasteiger partial charge < -0.3 is 24.8 Å². The third-order valence-corrected chi connectivity index (χ3v) is 9.46. The number of hydrogen-bond donors (Lipinski definition) is 2. The van der Waals surface area contributed by atoms with Crippen molar-refractivity contribution in [3.8, 4) is 17.2 Å². The summed E-state index contributed by atoms with van der Waals surface area (Å²) in [4.78, 5) is 41.2. The number of ether oxygens (including phenoxy) is 3. The minimum absolute atomic E-state index is 0.00861. The molecular formula is C39H37N3O6S. The molecule has 4 aromatic carbocycles. The van der Waals surface area contributed by atoms with Gasteiger partial charge in [-0.3, -0.25) is 19.0 Å². The second-order valence-corrected chi connectivity index (χ2v) is 12.5. The lowest BCUT2D eigenvalue weighted by atomic mass is 9.96. The van der Waals surface area contributed by atoms with Crippen LogP contribution >= 0.6 is 11.8 Å². The van der Waals surface area contributed by atoms with E-state index in [0.29, 0.717) is 34.1 Å². The number of benzene rings is 4. The van der Waals surface area contributed by atoms with E-state index in [0.717, 1.165) is 41.8 Å². The Morgan fingerprint density at radius 2 is 1.47 bits per heavy atom. The second kappa shape index (κ2) is 15.2. The van der Waals surface area contributed by atoms with Crippen molar-refractivity contribution in [2.24, 2.45) is 0 Å². The number of thioether (sulfide) groups is 1. The van der Waals surface area contributed by atoms with E-state index < -0.39 is 11.8 Å². The van der Waals surface area contributed by atoms with Gasteiger partial charge in [-0.05, 0) is 85.9 Å². The second-order valence-electron chi connectivity index (χ2n) is 11.5. The lowest BCUT2D eigenvalue weighted by molar-refractivity contribution is -0.113. The Labute approximate surface area is 289 Å². The zero-order chi connectivity index (χ0) is 34.3. The van der Waals surface area contributed by atoms with E-state index in [9.17, 15) is 14.4 Å². The molecule has 0 bridgehead atoms. The van der Waals surface area contributed by atoms with Crippen LogP contribution in [0.15, 0.2) is 102 Å². The number of hydrogen-bond acceptors (Lipinski definition) is 7. The molecule has 1 heterocycles. The number of rotatable bonds is 11. The highest BCUT2D eigenvalue weighted by Crippen LogP contribution is 2.36. The summed E-state index contributed by atoms with van der Waals surface area (Å²) in [6, 6.07) is 27.4. The predicted molar refractivity (Wildman–Crippen MR) is 193 cm³/mol. The van der Waals surface area contributed by atoms with Gasteiger partial charge >= 0.3 is 0 Å². The summed E-state index contributed by atoms with van der Waals surface area (Å²) >= 11 is 1.45. The van der Waals surface area contributed by atoms with Crippen molar-refractivity contribution >= 4 is 52.1 Å². The molecule has 10 heteroatoms. The Morgan fingerprint density at radius 1 is 0.796 bits per heavy atom. The smallest absolute Gasteiger partial charge is 0.272 e. The molecule has 1 aliphatic rings. The first-order valence-electron chi connectivity index (χ1n) is 16.0. The molecule has 49 heavy (non-hydrogen) atoms. The molecule has 0 atom stereocenters. The number of aryl methyl sites for hydroxylation is 1. The van der Waals surface area contributed by atoms with Gasteiger partial charge in [-0.2, -0.15) is 0 Å². The number of amides is 2. The molecule has 1 aliphatic carbocycles. The van der Waals surface area contributed by atoms with E-state index >= 15 is 0 Å². The van der Waals surface area contributed by atoms with Crippen LogP contribution in [0.4, 0.5) is 5.69 Å². The van der Waals surface area contributed by atoms with Crippen LogP contribution in [0.5, 0.6) is 17.2 Å². The maximum Gasteiger partial charge on any atom is 0.272 e. The number of nitrogens with one attached hydrogen (secondary N) is 2. The molecule has 0 radical (unpaired) electrons. The highest BCUT2D eigenvalue weighted by Gasteiger charge is 2.23. The Balaban J connectivity index is 1.19. The number of para-hydroxylation sites is 1. The first-order valence-corrected chi connectivity index (χ1v) is 17.0. The van der Waals surface area contributed by atoms with Crippen molar-refractivity contribution < 1.29 is 28.6 Å². The van der Waals surface area contributed by atoms with Crippen molar-refractivity contribution in [1.29, 1.82) is 0 Å². The van der Waals surface area contributed by atoms with Gasteiger partial charge in [-0.25, -0.2) is 0 Å². The van der Waals surface area contributed by atoms with Crippen molar-refractivity contribution in [3.63, 3.8) is 0 Å². The molecule has 2 amide bonds. The fourth-order valence-corrected chi connectivity index (χ4v) is 6.83. The molecular weight excluding hydrogens is 639 g/mol. The third kappa shape index (κ3) is 7.34. The van der Waals surface area contributed by atoms with E-state index in [-0.39, 0.29) is 17.4 Å². The van der Waals surface area contributed by atoms with Gasteiger partial charge in [-0.1, -0.05) is 36.4 Å². The van der Waals surface area contributed by atoms with Crippen LogP contribution in [0.2, 0.25) is 0 Å². The van der Waals surface area contributed by atoms with E-state index in [4.69, 9.17) is 14.2 Å². The zero-order valence-corrected chi connectivity index (χ0v) is 28.4. The van der Waals surface area contributed by atoms with Gasteiger partial charge in [0.2, 0.25) is 5.91 Å². The number of methoxy groups -OCH3 is 3. The van der Waals surface area contributed by atoms with Crippen LogP contribution in [-0.2, 0) is 17.6 Å². The van der Waals surface area contributed by atoms with Crippen molar-refractivity contribution in [3.05, 3.63) is 119 Å². The Bertz CT molecular complexity index is 2040. The van der Waals surface area contributed by atoms with Crippen LogP contribution in [-0.4, -0.2) is 49.4 Å². The summed E-state index contributed by atoms with van der Waals surface area (Å²) in [5, 5.41) is 6.80. The van der Waals surface area contributed by atoms with E-state index in [2.05, 4.69) is 16.7 Å². The quantitative estimate of drug-likeness (QED) is 0.111. The van der Waals surface area contributed by atoms with Gasteiger partial charge in [0.25, 0.3) is 11.8 Å². The molecule has 9 nitrogen and oxygen atoms in total. The molecule has 0 unspecified atom stereocenters. The zero-order valence-electron chi connectivity index (χ0n) is 27.6. The summed E-state index contributed by atoms with van der Waals surface area (Å²) in [5.74, 6) is 0.646. The highest BCUT2D eigenvalue weighted by atomic mass is 32.2. The van der Waals surface area contributed by atoms with Crippen LogP contribution in [0.25, 0.3) is 17.0 Å². The molecule has 0 saturated heterocycles. The summed E-state index contributed by atoms with van der Waals surface area (Å²) in [7, 11) is 4.53. The molecule has 0 saturated carbocycles. The van der Waals surface area contributed by atoms with Crippen molar-refractivity contribution in [2.75, 3.05) is 32.4 Å². The summed E-state index contributed by atoms with van der Waals surface area (Å²) < 4.78 is 18.3. The first-order chi connectivity index (χ1) is 23.9. The maximum absolute atomic E-state index is 13.7. The number of aromatic nitrogens is 1. The average Bonchev–Trinajstić information content (AvgIpc) is 3.48. The van der Waals surface area contributed by atoms with Gasteiger partial charge in [0.15, 0.2) is 11.5 Å². The van der Waals surface area contributed by atoms with Gasteiger partial charge in [0.1, 0.15) is 11.4 Å². The number of nitrogens with zero attached hydrogens (tertiary/aromatic N) is 1. The van der Waals surface area contributed by atoms with Crippen LogP contribution in [0.3, 0.4) is 0 Å². The van der Waals surface area contributed by atoms with Crippen LogP contribution < -0.4 is 24.8 Å². The number of fused-ring (bicyclic) bond motifs is 3. The largest absolute Gasteiger partial charge is 0.496 e. The van der Waals surface area contributed by atoms with Crippen LogP contribution in [0, 0.1) is 0 Å². The SMILES string of the molecule is COc1cc(OC)c(OC)cc1/C=C(\NC(=O)c1ccccc1)C(=O)Nc1ccc(SCC(=O)n2c3c(c4ccccc42)CCCC3)cc1. The fraction of sp³-hybridized carbons (Fsp3) is 0.205. The summed E-state index contributed by atoms with van der Waals surface area (Å²) in [6.45, 7) is 0. The minimum Gasteiger partial charge on any atom is -0.496 e. The van der Waals surface area contributed by atoms with Gasteiger partial charge in [0.05, 0.1) is 32.6 Å². The van der Waals surface area contributed by atoms with E-state index in [1.807, 2.05) is 41.0 Å². The lowest BCUT2D eigenvalue weighted by Crippen LogP contribution is -2.30. The molecule has 0 aliphatic heterocycles. The molecule has 1 aromatic heterocycles. The summed E-state index contributed by atoms with van der Waals surface area (Å²) in [5.41, 5.74) is 4.82. The number of carbonyl (C=O) groups excluding carboxylic acids is 3. The van der Waals surface area contributed by atoms with Gasteiger partial charge in [0, 0.05) is 38.9 Å². The lowest BCUT2D eigenvalue weighted by Gasteiger charge is -2.15. The molecule has 0 fully saturated rings. The maximum atomic E-state index is 13.7. The highest BCUT2D eigenvalue weighted by molar-refractivity contribution is 8.00. The van der Waals surface area contributed by atoms with E-state index in [1.54, 1.807) is 48.5 Å². The Morgan fingerprint density at radius 3 is 2.20 bits per heavy atom. The average molecular weight is 676 g/mol. The minimum atomic E-state index is -0.541. The summed E-state index contributed by atoms with van der Waals surface area (Å²) in [6.07, 6.45) is 5.68. The molecule has 0 spiro atoms. The Kier molecular flexibility index (Phi) is 10.3. The normalized spacial score (nSPS) is 12.6. The predicted octanol–water partition coefficient (Wildman–Crippen LogP) is 7.39.